The topological polar surface area (TPSA) is 82.5 Å². The number of urea groups is 1. The van der Waals surface area contributed by atoms with Gasteiger partial charge in [-0.2, -0.15) is 0 Å². The minimum Gasteiger partial charge on any atom is -0.481 e. The third kappa shape index (κ3) is 3.18. The highest BCUT2D eigenvalue weighted by molar-refractivity contribution is 7.15. The highest BCUT2D eigenvalue weighted by Crippen LogP contribution is 2.29. The van der Waals surface area contributed by atoms with E-state index in [9.17, 15) is 9.59 Å². The molecule has 2 amide bonds. The summed E-state index contributed by atoms with van der Waals surface area (Å²) in [7, 11) is 0. The maximum absolute atomic E-state index is 12.2. The van der Waals surface area contributed by atoms with Gasteiger partial charge in [-0.1, -0.05) is 6.42 Å². The van der Waals surface area contributed by atoms with E-state index in [0.717, 1.165) is 25.0 Å². The number of fused-ring (bicyclic) bond motifs is 1. The quantitative estimate of drug-likeness (QED) is 0.822. The zero-order chi connectivity index (χ0) is 14.8. The molecule has 1 aromatic heterocycles. The van der Waals surface area contributed by atoms with E-state index in [-0.39, 0.29) is 12.6 Å². The van der Waals surface area contributed by atoms with Gasteiger partial charge in [0.2, 0.25) is 0 Å². The summed E-state index contributed by atoms with van der Waals surface area (Å²) in [6.07, 6.45) is 6.16. The van der Waals surface area contributed by atoms with Crippen LogP contribution in [0.25, 0.3) is 0 Å². The predicted molar refractivity (Wildman–Crippen MR) is 79.7 cm³/mol. The molecule has 1 aliphatic carbocycles. The number of aromatic nitrogens is 1. The highest BCUT2D eigenvalue weighted by atomic mass is 32.1. The van der Waals surface area contributed by atoms with Crippen molar-refractivity contribution < 1.29 is 14.7 Å². The number of carboxylic acid groups (broad SMARTS) is 1. The van der Waals surface area contributed by atoms with Crippen LogP contribution in [0.2, 0.25) is 0 Å². The fourth-order valence-electron chi connectivity index (χ4n) is 2.90. The first-order valence-electron chi connectivity index (χ1n) is 7.41. The van der Waals surface area contributed by atoms with E-state index in [2.05, 4.69) is 10.3 Å². The van der Waals surface area contributed by atoms with Crippen molar-refractivity contribution in [1.82, 2.24) is 9.88 Å². The molecule has 0 aromatic carbocycles. The number of rotatable bonds is 2. The van der Waals surface area contributed by atoms with E-state index in [1.807, 2.05) is 0 Å². The second-order valence-corrected chi connectivity index (χ2v) is 6.73. The van der Waals surface area contributed by atoms with E-state index in [1.165, 1.54) is 17.7 Å². The molecule has 2 N–H and O–H groups in total. The molecule has 3 rings (SSSR count). The van der Waals surface area contributed by atoms with Crippen LogP contribution in [0.5, 0.6) is 0 Å². The van der Waals surface area contributed by atoms with Crippen LogP contribution in [-0.2, 0) is 17.6 Å². The van der Waals surface area contributed by atoms with Crippen LogP contribution in [0.3, 0.4) is 0 Å². The van der Waals surface area contributed by atoms with Crippen molar-refractivity contribution in [1.29, 1.82) is 0 Å². The third-order valence-corrected chi connectivity index (χ3v) is 5.21. The Kier molecular flexibility index (Phi) is 4.10. The Morgan fingerprint density at radius 1 is 1.29 bits per heavy atom. The van der Waals surface area contributed by atoms with Crippen LogP contribution in [0.1, 0.15) is 36.3 Å². The van der Waals surface area contributed by atoms with Gasteiger partial charge >= 0.3 is 12.0 Å². The van der Waals surface area contributed by atoms with Gasteiger partial charge in [-0.3, -0.25) is 10.1 Å². The van der Waals surface area contributed by atoms with Crippen LogP contribution in [0.15, 0.2) is 0 Å². The van der Waals surface area contributed by atoms with Gasteiger partial charge in [0, 0.05) is 18.0 Å². The lowest BCUT2D eigenvalue weighted by atomic mass is 10.1. The summed E-state index contributed by atoms with van der Waals surface area (Å²) in [5.41, 5.74) is 1.12. The molecule has 2 heterocycles. The van der Waals surface area contributed by atoms with Crippen molar-refractivity contribution in [2.24, 2.45) is 5.92 Å². The molecule has 0 saturated carbocycles. The second kappa shape index (κ2) is 6.01. The summed E-state index contributed by atoms with van der Waals surface area (Å²) < 4.78 is 0. The van der Waals surface area contributed by atoms with Crippen molar-refractivity contribution >= 4 is 28.5 Å². The first-order chi connectivity index (χ1) is 10.1. The van der Waals surface area contributed by atoms with Gasteiger partial charge in [-0.05, 0) is 32.1 Å². The molecule has 21 heavy (non-hydrogen) atoms. The molecule has 114 valence electrons. The molecule has 1 saturated heterocycles. The van der Waals surface area contributed by atoms with Crippen molar-refractivity contribution in [2.75, 3.05) is 18.4 Å². The Balaban J connectivity index is 1.62. The Bertz CT molecular complexity index is 534. The van der Waals surface area contributed by atoms with Gasteiger partial charge in [-0.25, -0.2) is 9.78 Å². The smallest absolute Gasteiger partial charge is 0.323 e. The van der Waals surface area contributed by atoms with E-state index in [0.29, 0.717) is 18.1 Å². The minimum absolute atomic E-state index is 0.234. The number of aliphatic carboxylic acids is 1. The summed E-state index contributed by atoms with van der Waals surface area (Å²) in [5.74, 6) is -1.27. The monoisotopic (exact) mass is 309 g/mol. The summed E-state index contributed by atoms with van der Waals surface area (Å²) in [5, 5.41) is 12.4. The first kappa shape index (κ1) is 14.3. The van der Waals surface area contributed by atoms with Gasteiger partial charge < -0.3 is 10.0 Å². The fraction of sp³-hybridized carbons (Fsp3) is 0.643. The Morgan fingerprint density at radius 3 is 2.86 bits per heavy atom. The molecule has 1 unspecified atom stereocenters. The maximum atomic E-state index is 12.2. The van der Waals surface area contributed by atoms with E-state index in [4.69, 9.17) is 5.11 Å². The van der Waals surface area contributed by atoms with E-state index < -0.39 is 11.9 Å². The number of aryl methyl sites for hydroxylation is 2. The molecule has 7 heteroatoms. The lowest BCUT2D eigenvalue weighted by molar-refractivity contribution is -0.141. The van der Waals surface area contributed by atoms with Crippen molar-refractivity contribution in [3.63, 3.8) is 0 Å². The standard InChI is InChI=1S/C14H19N3O3S/c18-12(19)9-6-7-17(8-9)14(20)16-13-15-10-4-2-1-3-5-11(10)21-13/h9H,1-8H2,(H,18,19)(H,15,16,20). The van der Waals surface area contributed by atoms with E-state index >= 15 is 0 Å². The number of nitrogens with zero attached hydrogens (tertiary/aromatic N) is 2. The number of hydrogen-bond donors (Lipinski definition) is 2. The number of amides is 2. The zero-order valence-corrected chi connectivity index (χ0v) is 12.6. The Hall–Kier alpha value is -1.63. The average Bonchev–Trinajstić information content (AvgIpc) is 3.02. The van der Waals surface area contributed by atoms with E-state index in [1.54, 1.807) is 16.2 Å². The maximum Gasteiger partial charge on any atom is 0.323 e. The minimum atomic E-state index is -0.828. The molecule has 1 atom stereocenters. The molecule has 1 fully saturated rings. The van der Waals surface area contributed by atoms with Gasteiger partial charge in [0.1, 0.15) is 0 Å². The number of nitrogens with one attached hydrogen (secondary N) is 1. The lowest BCUT2D eigenvalue weighted by Crippen LogP contribution is -2.33. The van der Waals surface area contributed by atoms with Crippen LogP contribution < -0.4 is 5.32 Å². The molecular formula is C14H19N3O3S. The second-order valence-electron chi connectivity index (χ2n) is 5.65. The number of carbonyl (C=O) groups excluding carboxylic acids is 1. The third-order valence-electron chi connectivity index (χ3n) is 4.13. The van der Waals surface area contributed by atoms with Crippen molar-refractivity contribution in [2.45, 2.75) is 38.5 Å². The first-order valence-corrected chi connectivity index (χ1v) is 8.22. The summed E-state index contributed by atoms with van der Waals surface area (Å²) in [4.78, 5) is 30.4. The van der Waals surface area contributed by atoms with Gasteiger partial charge in [0.05, 0.1) is 11.6 Å². The molecule has 6 nitrogen and oxygen atoms in total. The SMILES string of the molecule is O=C(O)C1CCN(C(=O)Nc2nc3c(s2)CCCCC3)C1. The van der Waals surface area contributed by atoms with Crippen LogP contribution >= 0.6 is 11.3 Å². The number of thiazole rings is 1. The van der Waals surface area contributed by atoms with Crippen LogP contribution in [0.4, 0.5) is 9.93 Å². The normalized spacial score (nSPS) is 21.7. The molecule has 0 spiro atoms. The Morgan fingerprint density at radius 2 is 2.10 bits per heavy atom. The number of carboxylic acids is 1. The number of anilines is 1. The summed E-state index contributed by atoms with van der Waals surface area (Å²) >= 11 is 1.56. The largest absolute Gasteiger partial charge is 0.481 e. The molecule has 2 aliphatic rings. The zero-order valence-electron chi connectivity index (χ0n) is 11.8. The molecule has 0 bridgehead atoms. The molecule has 0 radical (unpaired) electrons. The summed E-state index contributed by atoms with van der Waals surface area (Å²) in [6.45, 7) is 0.778. The number of likely N-dealkylation sites (tertiary alicyclic amines) is 1. The van der Waals surface area contributed by atoms with Crippen LogP contribution in [-0.4, -0.2) is 40.1 Å². The van der Waals surface area contributed by atoms with Crippen molar-refractivity contribution in [3.8, 4) is 0 Å². The molecule has 1 aliphatic heterocycles. The molecule has 1 aromatic rings. The van der Waals surface area contributed by atoms with Crippen LogP contribution in [0, 0.1) is 5.92 Å². The number of carbonyl (C=O) groups is 2. The van der Waals surface area contributed by atoms with Crippen molar-refractivity contribution in [3.05, 3.63) is 10.6 Å². The fourth-order valence-corrected chi connectivity index (χ4v) is 3.94. The van der Waals surface area contributed by atoms with Gasteiger partial charge in [-0.15, -0.1) is 11.3 Å². The Labute approximate surface area is 127 Å². The summed E-state index contributed by atoms with van der Waals surface area (Å²) in [6, 6.07) is -0.234. The van der Waals surface area contributed by atoms with Gasteiger partial charge in [0.15, 0.2) is 5.13 Å². The highest BCUT2D eigenvalue weighted by Gasteiger charge is 2.31. The molecular weight excluding hydrogens is 290 g/mol. The lowest BCUT2D eigenvalue weighted by Gasteiger charge is -2.15. The number of hydrogen-bond acceptors (Lipinski definition) is 4. The predicted octanol–water partition coefficient (Wildman–Crippen LogP) is 2.35. The van der Waals surface area contributed by atoms with Gasteiger partial charge in [0.25, 0.3) is 0 Å². The average molecular weight is 309 g/mol.